The molecule has 0 amide bonds. The average molecular weight is 250 g/mol. The number of hydrogen-bond acceptors (Lipinski definition) is 0. The SMILES string of the molecule is FCc1ccc(CI)cc1. The molecule has 10 heavy (non-hydrogen) atoms. The summed E-state index contributed by atoms with van der Waals surface area (Å²) in [5.74, 6) is 0. The maximum atomic E-state index is 12.0. The van der Waals surface area contributed by atoms with Crippen molar-refractivity contribution in [1.29, 1.82) is 0 Å². The van der Waals surface area contributed by atoms with E-state index in [4.69, 9.17) is 0 Å². The maximum Gasteiger partial charge on any atom is 0.115 e. The van der Waals surface area contributed by atoms with E-state index in [2.05, 4.69) is 22.6 Å². The smallest absolute Gasteiger partial charge is 0.115 e. The fourth-order valence-electron chi connectivity index (χ4n) is 0.717. The summed E-state index contributed by atoms with van der Waals surface area (Å²) in [6.07, 6.45) is 0. The van der Waals surface area contributed by atoms with E-state index in [9.17, 15) is 4.39 Å². The lowest BCUT2D eigenvalue weighted by molar-refractivity contribution is 0.485. The molecule has 0 saturated heterocycles. The molecule has 54 valence electrons. The molecule has 0 N–H and O–H groups in total. The number of hydrogen-bond donors (Lipinski definition) is 0. The molecule has 0 aliphatic heterocycles. The third kappa shape index (κ3) is 1.94. The molecule has 0 heterocycles. The van der Waals surface area contributed by atoms with Gasteiger partial charge in [0.1, 0.15) is 6.67 Å². The first kappa shape index (κ1) is 7.98. The highest BCUT2D eigenvalue weighted by Crippen LogP contribution is 2.08. The maximum absolute atomic E-state index is 12.0. The van der Waals surface area contributed by atoms with Gasteiger partial charge in [-0.05, 0) is 11.1 Å². The van der Waals surface area contributed by atoms with Gasteiger partial charge in [-0.15, -0.1) is 0 Å². The Morgan fingerprint density at radius 1 is 1.10 bits per heavy atom. The molecule has 0 radical (unpaired) electrons. The number of benzene rings is 1. The van der Waals surface area contributed by atoms with Gasteiger partial charge < -0.3 is 0 Å². The van der Waals surface area contributed by atoms with Crippen molar-refractivity contribution in [2.45, 2.75) is 11.1 Å². The molecule has 1 aromatic carbocycles. The Labute approximate surface area is 73.6 Å². The van der Waals surface area contributed by atoms with Gasteiger partial charge in [0.2, 0.25) is 0 Å². The zero-order valence-electron chi connectivity index (χ0n) is 5.48. The Morgan fingerprint density at radius 2 is 1.60 bits per heavy atom. The molecule has 1 aromatic rings. The highest BCUT2D eigenvalue weighted by molar-refractivity contribution is 14.1. The lowest BCUT2D eigenvalue weighted by atomic mass is 10.2. The summed E-state index contributed by atoms with van der Waals surface area (Å²) >= 11 is 2.28. The Kier molecular flexibility index (Phi) is 3.12. The van der Waals surface area contributed by atoms with E-state index in [1.807, 2.05) is 24.3 Å². The van der Waals surface area contributed by atoms with Gasteiger partial charge in [0.05, 0.1) is 0 Å². The van der Waals surface area contributed by atoms with Gasteiger partial charge in [-0.3, -0.25) is 0 Å². The summed E-state index contributed by atoms with van der Waals surface area (Å²) < 4.78 is 12.9. The van der Waals surface area contributed by atoms with Crippen LogP contribution in [0.2, 0.25) is 0 Å². The zero-order valence-corrected chi connectivity index (χ0v) is 7.64. The third-order valence-electron chi connectivity index (χ3n) is 1.33. The van der Waals surface area contributed by atoms with Crippen molar-refractivity contribution in [3.63, 3.8) is 0 Å². The molecule has 0 aromatic heterocycles. The Morgan fingerprint density at radius 3 is 2.00 bits per heavy atom. The van der Waals surface area contributed by atoms with Gasteiger partial charge >= 0.3 is 0 Å². The molecular weight excluding hydrogens is 242 g/mol. The molecule has 0 bridgehead atoms. The zero-order chi connectivity index (χ0) is 7.40. The quantitative estimate of drug-likeness (QED) is 0.558. The molecule has 1 rings (SSSR count). The molecule has 0 spiro atoms. The van der Waals surface area contributed by atoms with Crippen LogP contribution in [0.3, 0.4) is 0 Å². The highest BCUT2D eigenvalue weighted by atomic mass is 127. The van der Waals surface area contributed by atoms with Crippen molar-refractivity contribution in [1.82, 2.24) is 0 Å². The van der Waals surface area contributed by atoms with Crippen LogP contribution < -0.4 is 0 Å². The van der Waals surface area contributed by atoms with Crippen LogP contribution in [0.15, 0.2) is 24.3 Å². The first-order chi connectivity index (χ1) is 4.86. The number of halogens is 2. The van der Waals surface area contributed by atoms with Crippen molar-refractivity contribution >= 4 is 22.6 Å². The third-order valence-corrected chi connectivity index (χ3v) is 2.21. The van der Waals surface area contributed by atoms with Crippen LogP contribution in [0, 0.1) is 0 Å². The van der Waals surface area contributed by atoms with Gasteiger partial charge in [0, 0.05) is 4.43 Å². The van der Waals surface area contributed by atoms with Crippen molar-refractivity contribution in [2.24, 2.45) is 0 Å². The van der Waals surface area contributed by atoms with E-state index >= 15 is 0 Å². The van der Waals surface area contributed by atoms with E-state index in [1.165, 1.54) is 5.56 Å². The first-order valence-corrected chi connectivity index (χ1v) is 4.59. The molecule has 0 unspecified atom stereocenters. The summed E-state index contributed by atoms with van der Waals surface area (Å²) in [6, 6.07) is 7.57. The fourth-order valence-corrected chi connectivity index (χ4v) is 1.23. The summed E-state index contributed by atoms with van der Waals surface area (Å²) in [5.41, 5.74) is 2.01. The molecule has 0 fully saturated rings. The normalized spacial score (nSPS) is 9.80. The van der Waals surface area contributed by atoms with Gasteiger partial charge in [-0.1, -0.05) is 46.9 Å². The van der Waals surface area contributed by atoms with Gasteiger partial charge in [0.15, 0.2) is 0 Å². The average Bonchev–Trinajstić information content (AvgIpc) is 2.05. The first-order valence-electron chi connectivity index (χ1n) is 3.06. The van der Waals surface area contributed by atoms with E-state index in [0.29, 0.717) is 0 Å². The number of alkyl halides is 2. The van der Waals surface area contributed by atoms with Crippen molar-refractivity contribution in [3.05, 3.63) is 35.4 Å². The highest BCUT2D eigenvalue weighted by Gasteiger charge is 1.90. The van der Waals surface area contributed by atoms with Crippen LogP contribution in [0.4, 0.5) is 4.39 Å². The van der Waals surface area contributed by atoms with Crippen LogP contribution in [0.1, 0.15) is 11.1 Å². The minimum atomic E-state index is -0.360. The lowest BCUT2D eigenvalue weighted by Crippen LogP contribution is -1.79. The minimum Gasteiger partial charge on any atom is -0.246 e. The molecule has 2 heteroatoms. The standard InChI is InChI=1S/C8H8FI/c9-5-7-1-3-8(6-10)4-2-7/h1-4H,5-6H2. The van der Waals surface area contributed by atoms with Gasteiger partial charge in [0.25, 0.3) is 0 Å². The molecule has 0 nitrogen and oxygen atoms in total. The van der Waals surface area contributed by atoms with Crippen LogP contribution in [-0.2, 0) is 11.1 Å². The van der Waals surface area contributed by atoms with Crippen molar-refractivity contribution in [2.75, 3.05) is 0 Å². The molecular formula is C8H8FI. The summed E-state index contributed by atoms with van der Waals surface area (Å²) in [5, 5.41) is 0. The predicted octanol–water partition coefficient (Wildman–Crippen LogP) is 3.09. The second-order valence-electron chi connectivity index (χ2n) is 2.08. The number of rotatable bonds is 2. The van der Waals surface area contributed by atoms with E-state index in [0.717, 1.165) is 9.99 Å². The topological polar surface area (TPSA) is 0 Å². The molecule has 0 aliphatic carbocycles. The van der Waals surface area contributed by atoms with Gasteiger partial charge in [-0.25, -0.2) is 4.39 Å². The van der Waals surface area contributed by atoms with Crippen LogP contribution in [0.25, 0.3) is 0 Å². The monoisotopic (exact) mass is 250 g/mol. The van der Waals surface area contributed by atoms with E-state index in [1.54, 1.807) is 0 Å². The van der Waals surface area contributed by atoms with E-state index in [-0.39, 0.29) is 6.67 Å². The molecule has 0 aliphatic rings. The second kappa shape index (κ2) is 3.91. The van der Waals surface area contributed by atoms with Crippen LogP contribution in [-0.4, -0.2) is 0 Å². The van der Waals surface area contributed by atoms with Gasteiger partial charge in [-0.2, -0.15) is 0 Å². The van der Waals surface area contributed by atoms with Crippen molar-refractivity contribution < 1.29 is 4.39 Å². The van der Waals surface area contributed by atoms with Crippen molar-refractivity contribution in [3.8, 4) is 0 Å². The summed E-state index contributed by atoms with van der Waals surface area (Å²) in [6.45, 7) is -0.360. The lowest BCUT2D eigenvalue weighted by Gasteiger charge is -1.95. The fraction of sp³-hybridized carbons (Fsp3) is 0.250. The Balaban J connectivity index is 2.80. The predicted molar refractivity (Wildman–Crippen MR) is 49.0 cm³/mol. The van der Waals surface area contributed by atoms with Crippen LogP contribution >= 0.6 is 22.6 Å². The summed E-state index contributed by atoms with van der Waals surface area (Å²) in [4.78, 5) is 0. The summed E-state index contributed by atoms with van der Waals surface area (Å²) in [7, 11) is 0. The Bertz CT molecular complexity index is 170. The van der Waals surface area contributed by atoms with E-state index < -0.39 is 0 Å². The molecule has 0 atom stereocenters. The largest absolute Gasteiger partial charge is 0.246 e. The second-order valence-corrected chi connectivity index (χ2v) is 2.85. The molecule has 0 saturated carbocycles. The Hall–Kier alpha value is -0.120. The minimum absolute atomic E-state index is 0.360. The van der Waals surface area contributed by atoms with Crippen LogP contribution in [0.5, 0.6) is 0 Å².